The van der Waals surface area contributed by atoms with E-state index in [4.69, 9.17) is 5.73 Å². The molecule has 2 N–H and O–H groups in total. The Labute approximate surface area is 98.6 Å². The van der Waals surface area contributed by atoms with Crippen molar-refractivity contribution in [2.24, 2.45) is 11.7 Å². The van der Waals surface area contributed by atoms with Crippen LogP contribution >= 0.6 is 0 Å². The second-order valence-corrected chi connectivity index (χ2v) is 4.40. The maximum absolute atomic E-state index is 5.75. The molecule has 0 radical (unpaired) electrons. The van der Waals surface area contributed by atoms with Gasteiger partial charge in [0.1, 0.15) is 0 Å². The molecule has 0 aromatic carbocycles. The minimum absolute atomic E-state index is 0.551. The third-order valence-electron chi connectivity index (χ3n) is 3.27. The summed E-state index contributed by atoms with van der Waals surface area (Å²) in [6.45, 7) is 2.70. The first-order chi connectivity index (χ1) is 8.38. The smallest absolute Gasteiger partial charge is 0.199 e. The van der Waals surface area contributed by atoms with Crippen molar-refractivity contribution in [2.75, 3.05) is 24.5 Å². The summed E-state index contributed by atoms with van der Waals surface area (Å²) in [4.78, 5) is 6.44. The molecule has 90 valence electrons. The molecule has 2 aromatic rings. The van der Waals surface area contributed by atoms with Crippen LogP contribution in [0.1, 0.15) is 12.8 Å². The zero-order valence-corrected chi connectivity index (χ0v) is 9.53. The summed E-state index contributed by atoms with van der Waals surface area (Å²) in [7, 11) is 0. The van der Waals surface area contributed by atoms with Crippen LogP contribution in [0.25, 0.3) is 5.65 Å². The van der Waals surface area contributed by atoms with Gasteiger partial charge >= 0.3 is 0 Å². The zero-order valence-electron chi connectivity index (χ0n) is 9.53. The quantitative estimate of drug-likeness (QED) is 0.766. The van der Waals surface area contributed by atoms with Gasteiger partial charge in [0, 0.05) is 13.1 Å². The number of tetrazole rings is 1. The fourth-order valence-corrected chi connectivity index (χ4v) is 2.34. The van der Waals surface area contributed by atoms with Gasteiger partial charge in [-0.25, -0.2) is 0 Å². The van der Waals surface area contributed by atoms with E-state index in [2.05, 4.69) is 25.4 Å². The SMILES string of the molecule is NCC1CCCN(c2cncc3nnnn23)C1. The Morgan fingerprint density at radius 1 is 1.41 bits per heavy atom. The average molecular weight is 233 g/mol. The van der Waals surface area contributed by atoms with Gasteiger partial charge in [-0.15, -0.1) is 5.10 Å². The van der Waals surface area contributed by atoms with E-state index in [0.717, 1.165) is 31.9 Å². The number of anilines is 1. The van der Waals surface area contributed by atoms with Crippen LogP contribution < -0.4 is 10.6 Å². The zero-order chi connectivity index (χ0) is 11.7. The Kier molecular flexibility index (Phi) is 2.60. The predicted molar refractivity (Wildman–Crippen MR) is 62.6 cm³/mol. The minimum Gasteiger partial charge on any atom is -0.355 e. The molecular formula is C10H15N7. The highest BCUT2D eigenvalue weighted by molar-refractivity contribution is 5.46. The minimum atomic E-state index is 0.551. The molecule has 0 aliphatic carbocycles. The van der Waals surface area contributed by atoms with Crippen molar-refractivity contribution in [3.63, 3.8) is 0 Å². The summed E-state index contributed by atoms with van der Waals surface area (Å²) in [5.41, 5.74) is 6.42. The molecule has 1 saturated heterocycles. The van der Waals surface area contributed by atoms with Crippen LogP contribution in [-0.4, -0.2) is 44.7 Å². The number of hydrogen-bond donors (Lipinski definition) is 1. The molecule has 3 rings (SSSR count). The van der Waals surface area contributed by atoms with Crippen molar-refractivity contribution in [2.45, 2.75) is 12.8 Å². The first-order valence-electron chi connectivity index (χ1n) is 5.85. The molecule has 1 aliphatic heterocycles. The molecule has 1 aliphatic rings. The molecule has 0 amide bonds. The summed E-state index contributed by atoms with van der Waals surface area (Å²) in [6, 6.07) is 0. The van der Waals surface area contributed by atoms with E-state index in [1.807, 2.05) is 6.20 Å². The van der Waals surface area contributed by atoms with Crippen molar-refractivity contribution in [1.29, 1.82) is 0 Å². The van der Waals surface area contributed by atoms with Gasteiger partial charge in [0.25, 0.3) is 0 Å². The van der Waals surface area contributed by atoms with Gasteiger partial charge in [-0.3, -0.25) is 4.98 Å². The monoisotopic (exact) mass is 233 g/mol. The van der Waals surface area contributed by atoms with Crippen molar-refractivity contribution in [3.05, 3.63) is 12.4 Å². The van der Waals surface area contributed by atoms with Crippen LogP contribution in [-0.2, 0) is 0 Å². The van der Waals surface area contributed by atoms with E-state index in [9.17, 15) is 0 Å². The van der Waals surface area contributed by atoms with Gasteiger partial charge in [-0.1, -0.05) is 0 Å². The summed E-state index contributed by atoms with van der Waals surface area (Å²) < 4.78 is 1.73. The van der Waals surface area contributed by atoms with Gasteiger partial charge < -0.3 is 10.6 Å². The second-order valence-electron chi connectivity index (χ2n) is 4.40. The molecule has 17 heavy (non-hydrogen) atoms. The number of hydrogen-bond acceptors (Lipinski definition) is 6. The van der Waals surface area contributed by atoms with E-state index >= 15 is 0 Å². The molecule has 0 bridgehead atoms. The average Bonchev–Trinajstić information content (AvgIpc) is 2.87. The lowest BCUT2D eigenvalue weighted by atomic mass is 9.98. The van der Waals surface area contributed by atoms with Crippen LogP contribution in [0.15, 0.2) is 12.4 Å². The summed E-state index contributed by atoms with van der Waals surface area (Å²) in [5, 5.41) is 11.6. The lowest BCUT2D eigenvalue weighted by molar-refractivity contribution is 0.419. The largest absolute Gasteiger partial charge is 0.355 e. The molecule has 3 heterocycles. The first-order valence-corrected chi connectivity index (χ1v) is 5.85. The van der Waals surface area contributed by atoms with Crippen molar-refractivity contribution in [3.8, 4) is 0 Å². The summed E-state index contributed by atoms with van der Waals surface area (Å²) >= 11 is 0. The number of fused-ring (bicyclic) bond motifs is 1. The third-order valence-corrected chi connectivity index (χ3v) is 3.27. The first kappa shape index (κ1) is 10.4. The fourth-order valence-electron chi connectivity index (χ4n) is 2.34. The number of piperidine rings is 1. The maximum atomic E-state index is 5.75. The molecule has 7 heteroatoms. The van der Waals surface area contributed by atoms with Crippen LogP contribution in [0.3, 0.4) is 0 Å². The Morgan fingerprint density at radius 3 is 3.24 bits per heavy atom. The Balaban J connectivity index is 1.94. The molecule has 1 atom stereocenters. The Bertz CT molecular complexity index is 508. The Morgan fingerprint density at radius 2 is 2.35 bits per heavy atom. The van der Waals surface area contributed by atoms with Gasteiger partial charge in [-0.2, -0.15) is 4.52 Å². The topological polar surface area (TPSA) is 85.2 Å². The van der Waals surface area contributed by atoms with Crippen LogP contribution in [0.5, 0.6) is 0 Å². The number of rotatable bonds is 2. The van der Waals surface area contributed by atoms with Crippen molar-refractivity contribution in [1.82, 2.24) is 25.0 Å². The number of nitrogens with zero attached hydrogens (tertiary/aromatic N) is 6. The van der Waals surface area contributed by atoms with E-state index in [1.165, 1.54) is 6.42 Å². The molecule has 2 aromatic heterocycles. The van der Waals surface area contributed by atoms with E-state index in [0.29, 0.717) is 11.6 Å². The van der Waals surface area contributed by atoms with Gasteiger partial charge in [-0.05, 0) is 35.7 Å². The van der Waals surface area contributed by atoms with Gasteiger partial charge in [0.05, 0.1) is 12.4 Å². The number of aromatic nitrogens is 5. The molecule has 1 unspecified atom stereocenters. The normalized spacial score (nSPS) is 21.0. The highest BCUT2D eigenvalue weighted by atomic mass is 15.5. The second kappa shape index (κ2) is 4.25. The number of nitrogens with two attached hydrogens (primary N) is 1. The highest BCUT2D eigenvalue weighted by Crippen LogP contribution is 2.21. The third kappa shape index (κ3) is 1.82. The predicted octanol–water partition coefficient (Wildman–Crippen LogP) is -0.306. The van der Waals surface area contributed by atoms with Crippen LogP contribution in [0.4, 0.5) is 5.82 Å². The maximum Gasteiger partial charge on any atom is 0.199 e. The Hall–Kier alpha value is -1.76. The van der Waals surface area contributed by atoms with E-state index < -0.39 is 0 Å². The van der Waals surface area contributed by atoms with Gasteiger partial charge in [0.15, 0.2) is 11.5 Å². The van der Waals surface area contributed by atoms with E-state index in [-0.39, 0.29) is 0 Å². The molecule has 0 spiro atoms. The van der Waals surface area contributed by atoms with Crippen molar-refractivity contribution >= 4 is 11.5 Å². The summed E-state index contributed by atoms with van der Waals surface area (Å²) in [5.74, 6) is 1.50. The van der Waals surface area contributed by atoms with Gasteiger partial charge in [0.2, 0.25) is 0 Å². The lowest BCUT2D eigenvalue weighted by Crippen LogP contribution is -2.39. The standard InChI is InChI=1S/C10H15N7/c11-4-8-2-1-3-16(7-8)10-6-12-5-9-13-14-15-17(9)10/h5-6,8H,1-4,7,11H2. The molecular weight excluding hydrogens is 218 g/mol. The van der Waals surface area contributed by atoms with Crippen LogP contribution in [0, 0.1) is 5.92 Å². The fraction of sp³-hybridized carbons (Fsp3) is 0.600. The lowest BCUT2D eigenvalue weighted by Gasteiger charge is -2.33. The summed E-state index contributed by atoms with van der Waals surface area (Å²) in [6.07, 6.45) is 5.82. The molecule has 0 saturated carbocycles. The highest BCUT2D eigenvalue weighted by Gasteiger charge is 2.21. The van der Waals surface area contributed by atoms with Crippen molar-refractivity contribution < 1.29 is 0 Å². The van der Waals surface area contributed by atoms with E-state index in [1.54, 1.807) is 10.7 Å². The molecule has 7 nitrogen and oxygen atoms in total. The van der Waals surface area contributed by atoms with Crippen LogP contribution in [0.2, 0.25) is 0 Å². The molecule has 1 fully saturated rings.